The molecule has 6 heteroatoms. The molecule has 0 bridgehead atoms. The zero-order valence-corrected chi connectivity index (χ0v) is 14.8. The van der Waals surface area contributed by atoms with E-state index in [1.807, 2.05) is 30.3 Å². The van der Waals surface area contributed by atoms with Gasteiger partial charge in [0.2, 0.25) is 11.8 Å². The molecule has 0 fully saturated rings. The second-order valence-electron chi connectivity index (χ2n) is 6.06. The van der Waals surface area contributed by atoms with Crippen LogP contribution in [0.4, 0.5) is 11.4 Å². The first-order valence-corrected chi connectivity index (χ1v) is 8.25. The second kappa shape index (κ2) is 9.35. The molecule has 0 aliphatic heterocycles. The Labute approximate surface area is 152 Å². The van der Waals surface area contributed by atoms with Crippen molar-refractivity contribution < 1.29 is 14.3 Å². The summed E-state index contributed by atoms with van der Waals surface area (Å²) in [6.45, 7) is 3.75. The number of ether oxygens (including phenoxy) is 1. The highest BCUT2D eigenvalue weighted by Gasteiger charge is 2.07. The van der Waals surface area contributed by atoms with Crippen LogP contribution in [0.1, 0.15) is 30.9 Å². The van der Waals surface area contributed by atoms with Gasteiger partial charge in [0, 0.05) is 11.4 Å². The topological polar surface area (TPSA) is 91.2 Å². The van der Waals surface area contributed by atoms with Crippen LogP contribution in [0.25, 0.3) is 0 Å². The van der Waals surface area contributed by atoms with Gasteiger partial charge in [-0.15, -0.1) is 0 Å². The number of hydrogen-bond donors (Lipinski definition) is 2. The number of nitriles is 1. The molecule has 26 heavy (non-hydrogen) atoms. The minimum Gasteiger partial charge on any atom is -0.362 e. The molecular formula is C20H21N3O3. The van der Waals surface area contributed by atoms with Crippen LogP contribution >= 0.6 is 0 Å². The molecule has 0 aliphatic carbocycles. The Kier molecular flexibility index (Phi) is 6.89. The fourth-order valence-electron chi connectivity index (χ4n) is 2.21. The number of anilines is 2. The predicted molar refractivity (Wildman–Crippen MR) is 99.8 cm³/mol. The molecule has 2 aromatic rings. The van der Waals surface area contributed by atoms with E-state index in [9.17, 15) is 9.59 Å². The number of benzene rings is 2. The third-order valence-corrected chi connectivity index (χ3v) is 3.63. The number of nitrogens with zero attached hydrogens (tertiary/aromatic N) is 1. The summed E-state index contributed by atoms with van der Waals surface area (Å²) >= 11 is 0. The lowest BCUT2D eigenvalue weighted by Gasteiger charge is -2.09. The first-order chi connectivity index (χ1) is 12.5. The molecule has 2 aromatic carbocycles. The summed E-state index contributed by atoms with van der Waals surface area (Å²) in [7, 11) is 0. The van der Waals surface area contributed by atoms with Crippen LogP contribution in [0, 0.1) is 11.3 Å². The average Bonchev–Trinajstić information content (AvgIpc) is 2.62. The van der Waals surface area contributed by atoms with Gasteiger partial charge in [-0.1, -0.05) is 26.0 Å². The highest BCUT2D eigenvalue weighted by molar-refractivity contribution is 5.93. The van der Waals surface area contributed by atoms with Gasteiger partial charge in [0.15, 0.2) is 0 Å². The average molecular weight is 351 g/mol. The van der Waals surface area contributed by atoms with Crippen molar-refractivity contribution in [3.05, 3.63) is 59.7 Å². The van der Waals surface area contributed by atoms with Crippen molar-refractivity contribution in [2.75, 3.05) is 23.8 Å². The maximum absolute atomic E-state index is 11.8. The highest BCUT2D eigenvalue weighted by atomic mass is 16.5. The first kappa shape index (κ1) is 19.2. The molecular weight excluding hydrogens is 330 g/mol. The van der Waals surface area contributed by atoms with Crippen molar-refractivity contribution >= 4 is 23.2 Å². The van der Waals surface area contributed by atoms with Gasteiger partial charge in [-0.05, 0) is 47.9 Å². The number of hydrogen-bond acceptors (Lipinski definition) is 4. The lowest BCUT2D eigenvalue weighted by atomic mass is 10.0. The Morgan fingerprint density at radius 3 is 1.81 bits per heavy atom. The van der Waals surface area contributed by atoms with Gasteiger partial charge in [-0.2, -0.15) is 5.26 Å². The van der Waals surface area contributed by atoms with E-state index in [1.54, 1.807) is 24.3 Å². The van der Waals surface area contributed by atoms with Crippen molar-refractivity contribution in [1.82, 2.24) is 0 Å². The molecule has 0 spiro atoms. The van der Waals surface area contributed by atoms with Gasteiger partial charge in [0.1, 0.15) is 13.2 Å². The summed E-state index contributed by atoms with van der Waals surface area (Å²) in [4.78, 5) is 23.6. The Morgan fingerprint density at radius 1 is 0.923 bits per heavy atom. The Bertz CT molecular complexity index is 791. The smallest absolute Gasteiger partial charge is 0.250 e. The van der Waals surface area contributed by atoms with Crippen LogP contribution in [0.3, 0.4) is 0 Å². The maximum Gasteiger partial charge on any atom is 0.250 e. The molecule has 2 rings (SSSR count). The van der Waals surface area contributed by atoms with Crippen LogP contribution in [0.5, 0.6) is 0 Å². The molecule has 2 amide bonds. The van der Waals surface area contributed by atoms with E-state index < -0.39 is 0 Å². The molecule has 0 atom stereocenters. The van der Waals surface area contributed by atoms with Crippen molar-refractivity contribution in [3.8, 4) is 6.07 Å². The molecule has 0 saturated carbocycles. The third-order valence-electron chi connectivity index (χ3n) is 3.63. The van der Waals surface area contributed by atoms with E-state index in [0.29, 0.717) is 22.9 Å². The molecule has 0 saturated heterocycles. The Hall–Kier alpha value is -3.17. The standard InChI is InChI=1S/C20H21N3O3/c1-14(2)16-5-9-18(10-6-16)23-20(25)13-26-12-19(24)22-17-7-3-15(11-21)4-8-17/h3-10,14H,12-13H2,1-2H3,(H,22,24)(H,23,25). The lowest BCUT2D eigenvalue weighted by Crippen LogP contribution is -2.23. The first-order valence-electron chi connectivity index (χ1n) is 8.25. The zero-order chi connectivity index (χ0) is 18.9. The minimum atomic E-state index is -0.371. The predicted octanol–water partition coefficient (Wildman–Crippen LogP) is 3.28. The van der Waals surface area contributed by atoms with Crippen molar-refractivity contribution in [2.24, 2.45) is 0 Å². The summed E-state index contributed by atoms with van der Waals surface area (Å²) < 4.78 is 5.13. The van der Waals surface area contributed by atoms with Gasteiger partial charge in [-0.25, -0.2) is 0 Å². The number of rotatable bonds is 7. The number of amides is 2. The quantitative estimate of drug-likeness (QED) is 0.801. The van der Waals surface area contributed by atoms with Gasteiger partial charge in [0.05, 0.1) is 11.6 Å². The molecule has 2 N–H and O–H groups in total. The van der Waals surface area contributed by atoms with Crippen LogP contribution in [-0.4, -0.2) is 25.0 Å². The second-order valence-corrected chi connectivity index (χ2v) is 6.06. The normalized spacial score (nSPS) is 10.2. The van der Waals surface area contributed by atoms with Crippen LogP contribution in [0.2, 0.25) is 0 Å². The molecule has 6 nitrogen and oxygen atoms in total. The third kappa shape index (κ3) is 6.04. The molecule has 134 valence electrons. The highest BCUT2D eigenvalue weighted by Crippen LogP contribution is 2.17. The van der Waals surface area contributed by atoms with Gasteiger partial charge in [-0.3, -0.25) is 9.59 Å². The van der Waals surface area contributed by atoms with Gasteiger partial charge in [0.25, 0.3) is 0 Å². The summed E-state index contributed by atoms with van der Waals surface area (Å²) in [5, 5.41) is 14.1. The summed E-state index contributed by atoms with van der Waals surface area (Å²) in [6.07, 6.45) is 0. The van der Waals surface area contributed by atoms with Crippen molar-refractivity contribution in [2.45, 2.75) is 19.8 Å². The van der Waals surface area contributed by atoms with Crippen LogP contribution in [0.15, 0.2) is 48.5 Å². The number of carbonyl (C=O) groups is 2. The Morgan fingerprint density at radius 2 is 1.38 bits per heavy atom. The maximum atomic E-state index is 11.8. The Balaban J connectivity index is 1.71. The van der Waals surface area contributed by atoms with Crippen LogP contribution in [-0.2, 0) is 14.3 Å². The summed E-state index contributed by atoms with van der Waals surface area (Å²) in [6, 6.07) is 16.1. The minimum absolute atomic E-state index is 0.216. The zero-order valence-electron chi connectivity index (χ0n) is 14.8. The van der Waals surface area contributed by atoms with E-state index in [2.05, 4.69) is 24.5 Å². The number of carbonyl (C=O) groups excluding carboxylic acids is 2. The SMILES string of the molecule is CC(C)c1ccc(NC(=O)COCC(=O)Nc2ccc(C#N)cc2)cc1. The van der Waals surface area contributed by atoms with Gasteiger partial charge < -0.3 is 15.4 Å². The molecule has 0 heterocycles. The molecule has 0 unspecified atom stereocenters. The van der Waals surface area contributed by atoms with E-state index in [4.69, 9.17) is 10.00 Å². The van der Waals surface area contributed by atoms with Crippen LogP contribution < -0.4 is 10.6 Å². The fraction of sp³-hybridized carbons (Fsp3) is 0.250. The van der Waals surface area contributed by atoms with E-state index >= 15 is 0 Å². The molecule has 0 radical (unpaired) electrons. The molecule has 0 aliphatic rings. The fourth-order valence-corrected chi connectivity index (χ4v) is 2.21. The van der Waals surface area contributed by atoms with E-state index in [1.165, 1.54) is 5.56 Å². The monoisotopic (exact) mass is 351 g/mol. The largest absolute Gasteiger partial charge is 0.362 e. The van der Waals surface area contributed by atoms with Crippen molar-refractivity contribution in [1.29, 1.82) is 5.26 Å². The van der Waals surface area contributed by atoms with Crippen molar-refractivity contribution in [3.63, 3.8) is 0 Å². The summed E-state index contributed by atoms with van der Waals surface area (Å²) in [5.41, 5.74) is 2.95. The summed E-state index contributed by atoms with van der Waals surface area (Å²) in [5.74, 6) is -0.269. The molecule has 0 aromatic heterocycles. The van der Waals surface area contributed by atoms with E-state index in [-0.39, 0.29) is 25.0 Å². The van der Waals surface area contributed by atoms with E-state index in [0.717, 1.165) is 0 Å². The lowest BCUT2D eigenvalue weighted by molar-refractivity contribution is -0.125. The van der Waals surface area contributed by atoms with Gasteiger partial charge >= 0.3 is 0 Å². The number of nitrogens with one attached hydrogen (secondary N) is 2.